The third-order valence-electron chi connectivity index (χ3n) is 4.82. The standard InChI is InChI=1S/C24H20ClNO2S2/c1-2-3-13-28-21-12-11-16-7-4-5-10-19(16)20(21)15-22-23(27)26(24(29)30-22)18-9-6-8-17(25)14-18/h4-12,14-15H,2-3,13H2,1H3/b22-15+. The van der Waals surface area contributed by atoms with Crippen molar-refractivity contribution in [3.8, 4) is 5.75 Å². The average molecular weight is 454 g/mol. The molecule has 0 N–H and O–H groups in total. The monoisotopic (exact) mass is 453 g/mol. The van der Waals surface area contributed by atoms with Crippen LogP contribution in [0, 0.1) is 0 Å². The number of carbonyl (C=O) groups excluding carboxylic acids is 1. The van der Waals surface area contributed by atoms with Crippen LogP contribution >= 0.6 is 35.6 Å². The Morgan fingerprint density at radius 3 is 2.77 bits per heavy atom. The van der Waals surface area contributed by atoms with E-state index >= 15 is 0 Å². The van der Waals surface area contributed by atoms with Crippen molar-refractivity contribution in [3.63, 3.8) is 0 Å². The third-order valence-corrected chi connectivity index (χ3v) is 6.36. The van der Waals surface area contributed by atoms with E-state index in [9.17, 15) is 4.79 Å². The zero-order chi connectivity index (χ0) is 21.1. The first-order valence-corrected chi connectivity index (χ1v) is 11.4. The van der Waals surface area contributed by atoms with Crippen molar-refractivity contribution in [3.05, 3.63) is 76.2 Å². The molecule has 0 atom stereocenters. The summed E-state index contributed by atoms with van der Waals surface area (Å²) < 4.78 is 6.54. The molecule has 3 aromatic carbocycles. The van der Waals surface area contributed by atoms with Crippen LogP contribution in [0.15, 0.2) is 65.6 Å². The molecular weight excluding hydrogens is 434 g/mol. The summed E-state index contributed by atoms with van der Waals surface area (Å²) in [6.45, 7) is 2.77. The van der Waals surface area contributed by atoms with Crippen LogP contribution in [0.5, 0.6) is 5.75 Å². The van der Waals surface area contributed by atoms with E-state index in [2.05, 4.69) is 13.0 Å². The molecule has 0 aromatic heterocycles. The first-order chi connectivity index (χ1) is 14.6. The van der Waals surface area contributed by atoms with Gasteiger partial charge in [-0.25, -0.2) is 0 Å². The second kappa shape index (κ2) is 9.21. The highest BCUT2D eigenvalue weighted by Gasteiger charge is 2.33. The molecule has 6 heteroatoms. The SMILES string of the molecule is CCCCOc1ccc2ccccc2c1/C=C1/SC(=S)N(c2cccc(Cl)c2)C1=O. The molecule has 1 fully saturated rings. The molecule has 1 saturated heterocycles. The fourth-order valence-electron chi connectivity index (χ4n) is 3.31. The van der Waals surface area contributed by atoms with Crippen LogP contribution < -0.4 is 9.64 Å². The molecule has 30 heavy (non-hydrogen) atoms. The second-order valence-corrected chi connectivity index (χ2v) is 9.01. The lowest BCUT2D eigenvalue weighted by molar-refractivity contribution is -0.113. The summed E-state index contributed by atoms with van der Waals surface area (Å²) in [6, 6.07) is 19.3. The normalized spacial score (nSPS) is 15.4. The number of hydrogen-bond acceptors (Lipinski definition) is 4. The number of nitrogens with zero attached hydrogens (tertiary/aromatic N) is 1. The molecule has 1 heterocycles. The third kappa shape index (κ3) is 4.24. The minimum Gasteiger partial charge on any atom is -0.493 e. The fraction of sp³-hybridized carbons (Fsp3) is 0.167. The maximum absolute atomic E-state index is 13.2. The summed E-state index contributed by atoms with van der Waals surface area (Å²) >= 11 is 12.9. The van der Waals surface area contributed by atoms with Gasteiger partial charge in [0.25, 0.3) is 5.91 Å². The highest BCUT2D eigenvalue weighted by atomic mass is 35.5. The highest BCUT2D eigenvalue weighted by Crippen LogP contribution is 2.39. The number of thioether (sulfide) groups is 1. The van der Waals surface area contributed by atoms with Gasteiger partial charge in [0.05, 0.1) is 17.2 Å². The van der Waals surface area contributed by atoms with E-state index in [1.165, 1.54) is 16.7 Å². The molecule has 4 rings (SSSR count). The van der Waals surface area contributed by atoms with Gasteiger partial charge in [0.1, 0.15) is 5.75 Å². The number of fused-ring (bicyclic) bond motifs is 1. The van der Waals surface area contributed by atoms with Gasteiger partial charge in [-0.3, -0.25) is 9.69 Å². The molecule has 3 nitrogen and oxygen atoms in total. The summed E-state index contributed by atoms with van der Waals surface area (Å²) in [7, 11) is 0. The Balaban J connectivity index is 1.76. The highest BCUT2D eigenvalue weighted by molar-refractivity contribution is 8.27. The molecule has 0 radical (unpaired) electrons. The molecule has 0 spiro atoms. The Morgan fingerprint density at radius 1 is 1.13 bits per heavy atom. The molecule has 1 aliphatic rings. The van der Waals surface area contributed by atoms with Crippen molar-refractivity contribution < 1.29 is 9.53 Å². The summed E-state index contributed by atoms with van der Waals surface area (Å²) in [5.41, 5.74) is 1.57. The summed E-state index contributed by atoms with van der Waals surface area (Å²) in [4.78, 5) is 15.3. The number of unbranched alkanes of at least 4 members (excludes halogenated alkanes) is 1. The van der Waals surface area contributed by atoms with Crippen LogP contribution in [0.3, 0.4) is 0 Å². The number of hydrogen-bond donors (Lipinski definition) is 0. The Hall–Kier alpha value is -2.34. The van der Waals surface area contributed by atoms with E-state index in [-0.39, 0.29) is 5.91 Å². The van der Waals surface area contributed by atoms with Crippen molar-refractivity contribution >= 4 is 68.3 Å². The largest absolute Gasteiger partial charge is 0.493 e. The van der Waals surface area contributed by atoms with Gasteiger partial charge in [0, 0.05) is 10.6 Å². The van der Waals surface area contributed by atoms with Gasteiger partial charge < -0.3 is 4.74 Å². The van der Waals surface area contributed by atoms with Crippen molar-refractivity contribution in [2.24, 2.45) is 0 Å². The summed E-state index contributed by atoms with van der Waals surface area (Å²) in [5, 5.41) is 2.70. The van der Waals surface area contributed by atoms with E-state index in [4.69, 9.17) is 28.6 Å². The van der Waals surface area contributed by atoms with Crippen molar-refractivity contribution in [1.82, 2.24) is 0 Å². The van der Waals surface area contributed by atoms with E-state index < -0.39 is 0 Å². The predicted molar refractivity (Wildman–Crippen MR) is 131 cm³/mol. The van der Waals surface area contributed by atoms with Crippen LogP contribution in [0.4, 0.5) is 5.69 Å². The van der Waals surface area contributed by atoms with Gasteiger partial charge in [0.15, 0.2) is 4.32 Å². The minimum absolute atomic E-state index is 0.153. The first-order valence-electron chi connectivity index (χ1n) is 9.76. The van der Waals surface area contributed by atoms with E-state index in [1.807, 2.05) is 48.5 Å². The molecule has 0 bridgehead atoms. The predicted octanol–water partition coefficient (Wildman–Crippen LogP) is 7.08. The number of halogens is 1. The number of carbonyl (C=O) groups is 1. The minimum atomic E-state index is -0.153. The lowest BCUT2D eigenvalue weighted by atomic mass is 10.0. The molecule has 152 valence electrons. The summed E-state index contributed by atoms with van der Waals surface area (Å²) in [5.74, 6) is 0.620. The van der Waals surface area contributed by atoms with Gasteiger partial charge in [0.2, 0.25) is 0 Å². The van der Waals surface area contributed by atoms with Gasteiger partial charge >= 0.3 is 0 Å². The number of amides is 1. The van der Waals surface area contributed by atoms with E-state index in [0.717, 1.165) is 34.9 Å². The first kappa shape index (κ1) is 20.9. The maximum Gasteiger partial charge on any atom is 0.270 e. The van der Waals surface area contributed by atoms with Crippen molar-refractivity contribution in [2.75, 3.05) is 11.5 Å². The number of benzene rings is 3. The quantitative estimate of drug-likeness (QED) is 0.226. The van der Waals surface area contributed by atoms with Crippen molar-refractivity contribution in [2.45, 2.75) is 19.8 Å². The fourth-order valence-corrected chi connectivity index (χ4v) is 4.78. The van der Waals surface area contributed by atoms with Gasteiger partial charge in [-0.05, 0) is 47.5 Å². The molecule has 1 amide bonds. The van der Waals surface area contributed by atoms with Gasteiger partial charge in [-0.2, -0.15) is 0 Å². The van der Waals surface area contributed by atoms with Crippen LogP contribution in [-0.4, -0.2) is 16.8 Å². The molecule has 0 aliphatic carbocycles. The maximum atomic E-state index is 13.2. The number of thiocarbonyl (C=S) groups is 1. The Kier molecular flexibility index (Phi) is 6.42. The lowest BCUT2D eigenvalue weighted by Crippen LogP contribution is -2.27. The Labute approximate surface area is 190 Å². The molecule has 3 aromatic rings. The molecule has 1 aliphatic heterocycles. The molecular formula is C24H20ClNO2S2. The Bertz CT molecular complexity index is 1160. The average Bonchev–Trinajstić information content (AvgIpc) is 3.02. The van der Waals surface area contributed by atoms with Crippen LogP contribution in [-0.2, 0) is 4.79 Å². The van der Waals surface area contributed by atoms with Crippen LogP contribution in [0.25, 0.3) is 16.8 Å². The van der Waals surface area contributed by atoms with Crippen LogP contribution in [0.2, 0.25) is 5.02 Å². The van der Waals surface area contributed by atoms with Crippen molar-refractivity contribution in [1.29, 1.82) is 0 Å². The number of anilines is 1. The van der Waals surface area contributed by atoms with E-state index in [0.29, 0.717) is 26.5 Å². The van der Waals surface area contributed by atoms with Gasteiger partial charge in [-0.1, -0.05) is 85.3 Å². The van der Waals surface area contributed by atoms with E-state index in [1.54, 1.807) is 12.1 Å². The number of ether oxygens (including phenoxy) is 1. The van der Waals surface area contributed by atoms with Crippen LogP contribution in [0.1, 0.15) is 25.3 Å². The molecule has 0 saturated carbocycles. The smallest absolute Gasteiger partial charge is 0.270 e. The zero-order valence-electron chi connectivity index (χ0n) is 16.4. The topological polar surface area (TPSA) is 29.5 Å². The lowest BCUT2D eigenvalue weighted by Gasteiger charge is -2.14. The summed E-state index contributed by atoms with van der Waals surface area (Å²) in [6.07, 6.45) is 3.93. The Morgan fingerprint density at radius 2 is 1.97 bits per heavy atom. The second-order valence-electron chi connectivity index (χ2n) is 6.90. The molecule has 0 unspecified atom stereocenters. The van der Waals surface area contributed by atoms with Gasteiger partial charge in [-0.15, -0.1) is 0 Å². The zero-order valence-corrected chi connectivity index (χ0v) is 18.8. The number of rotatable bonds is 6.